The van der Waals surface area contributed by atoms with Crippen molar-refractivity contribution in [3.63, 3.8) is 0 Å². The molecule has 2 aromatic rings. The Balaban J connectivity index is 1.81. The van der Waals surface area contributed by atoms with Crippen LogP contribution in [0, 0.1) is 0 Å². The Morgan fingerprint density at radius 2 is 1.94 bits per heavy atom. The molecule has 0 bridgehead atoms. The van der Waals surface area contributed by atoms with Crippen LogP contribution in [0.4, 0.5) is 5.69 Å². The summed E-state index contributed by atoms with van der Waals surface area (Å²) >= 11 is 0. The average Bonchev–Trinajstić information content (AvgIpc) is 2.93. The summed E-state index contributed by atoms with van der Waals surface area (Å²) in [7, 11) is 0. The average molecular weight is 245 g/mol. The minimum absolute atomic E-state index is 0.560. The fraction of sp³-hybridized carbons (Fsp3) is 0.429. The van der Waals surface area contributed by atoms with E-state index in [1.807, 2.05) is 24.3 Å². The van der Waals surface area contributed by atoms with Crippen LogP contribution in [0.25, 0.3) is 11.5 Å². The highest BCUT2D eigenvalue weighted by molar-refractivity contribution is 5.57. The molecule has 4 nitrogen and oxygen atoms in total. The normalized spacial score (nSPS) is 10.5. The number of rotatable bonds is 7. The van der Waals surface area contributed by atoms with Crippen LogP contribution >= 0.6 is 0 Å². The monoisotopic (exact) mass is 245 g/mol. The Bertz CT molecular complexity index is 437. The van der Waals surface area contributed by atoms with Crippen LogP contribution < -0.4 is 5.32 Å². The van der Waals surface area contributed by atoms with Gasteiger partial charge >= 0.3 is 0 Å². The minimum atomic E-state index is 0.560. The summed E-state index contributed by atoms with van der Waals surface area (Å²) in [6, 6.07) is 8.06. The third-order valence-electron chi connectivity index (χ3n) is 2.85. The first-order chi connectivity index (χ1) is 8.90. The molecule has 0 radical (unpaired) electrons. The second-order valence-electron chi connectivity index (χ2n) is 4.31. The molecule has 1 N–H and O–H groups in total. The Hall–Kier alpha value is -1.84. The Morgan fingerprint density at radius 1 is 1.11 bits per heavy atom. The molecule has 18 heavy (non-hydrogen) atoms. The second kappa shape index (κ2) is 6.79. The predicted molar refractivity (Wildman–Crippen MR) is 72.4 cm³/mol. The van der Waals surface area contributed by atoms with Crippen LogP contribution in [-0.2, 0) is 0 Å². The standard InChI is InChI=1S/C14H19N3O/c1-2-3-4-5-10-15-13-8-6-12(7-9-13)14-17-16-11-18-14/h6-9,11,15H,2-5,10H2,1H3. The molecule has 96 valence electrons. The van der Waals surface area contributed by atoms with Crippen molar-refractivity contribution >= 4 is 5.69 Å². The SMILES string of the molecule is CCCCCCNc1ccc(-c2nnco2)cc1. The molecule has 2 rings (SSSR count). The van der Waals surface area contributed by atoms with Gasteiger partial charge in [-0.1, -0.05) is 26.2 Å². The molecule has 0 aliphatic carbocycles. The van der Waals surface area contributed by atoms with Gasteiger partial charge in [-0.3, -0.25) is 0 Å². The number of aromatic nitrogens is 2. The van der Waals surface area contributed by atoms with Gasteiger partial charge in [-0.15, -0.1) is 10.2 Å². The van der Waals surface area contributed by atoms with Crippen molar-refractivity contribution in [2.24, 2.45) is 0 Å². The summed E-state index contributed by atoms with van der Waals surface area (Å²) in [4.78, 5) is 0. The number of benzene rings is 1. The van der Waals surface area contributed by atoms with Gasteiger partial charge in [0.25, 0.3) is 0 Å². The Morgan fingerprint density at radius 3 is 2.61 bits per heavy atom. The highest BCUT2D eigenvalue weighted by atomic mass is 16.4. The number of unbranched alkanes of at least 4 members (excludes halogenated alkanes) is 3. The lowest BCUT2D eigenvalue weighted by Crippen LogP contribution is -2.00. The second-order valence-corrected chi connectivity index (χ2v) is 4.31. The zero-order valence-corrected chi connectivity index (χ0v) is 10.7. The summed E-state index contributed by atoms with van der Waals surface area (Å²) in [5.41, 5.74) is 2.08. The quantitative estimate of drug-likeness (QED) is 0.755. The smallest absolute Gasteiger partial charge is 0.247 e. The van der Waals surface area contributed by atoms with E-state index in [9.17, 15) is 0 Å². The molecule has 0 aliphatic heterocycles. The van der Waals surface area contributed by atoms with E-state index < -0.39 is 0 Å². The van der Waals surface area contributed by atoms with Gasteiger partial charge < -0.3 is 9.73 Å². The van der Waals surface area contributed by atoms with Crippen molar-refractivity contribution in [1.29, 1.82) is 0 Å². The minimum Gasteiger partial charge on any atom is -0.423 e. The summed E-state index contributed by atoms with van der Waals surface area (Å²) < 4.78 is 5.14. The van der Waals surface area contributed by atoms with Crippen LogP contribution in [-0.4, -0.2) is 16.7 Å². The van der Waals surface area contributed by atoms with Gasteiger partial charge in [-0.2, -0.15) is 0 Å². The summed E-state index contributed by atoms with van der Waals surface area (Å²) in [5.74, 6) is 0.560. The first-order valence-electron chi connectivity index (χ1n) is 6.50. The van der Waals surface area contributed by atoms with E-state index in [1.165, 1.54) is 32.1 Å². The third-order valence-corrected chi connectivity index (χ3v) is 2.85. The third kappa shape index (κ3) is 3.58. The topological polar surface area (TPSA) is 51.0 Å². The molecule has 0 fully saturated rings. The maximum Gasteiger partial charge on any atom is 0.247 e. The van der Waals surface area contributed by atoms with Crippen molar-refractivity contribution in [2.75, 3.05) is 11.9 Å². The molecule has 0 aliphatic rings. The molecule has 0 amide bonds. The van der Waals surface area contributed by atoms with E-state index in [4.69, 9.17) is 4.42 Å². The van der Waals surface area contributed by atoms with Crippen LogP contribution in [0.1, 0.15) is 32.6 Å². The van der Waals surface area contributed by atoms with Crippen LogP contribution in [0.2, 0.25) is 0 Å². The molecule has 0 atom stereocenters. The number of anilines is 1. The van der Waals surface area contributed by atoms with Crippen molar-refractivity contribution < 1.29 is 4.42 Å². The lowest BCUT2D eigenvalue weighted by molar-refractivity contribution is 0.568. The molecule has 1 aromatic heterocycles. The first-order valence-corrected chi connectivity index (χ1v) is 6.50. The molecule has 1 aromatic carbocycles. The number of nitrogens with zero attached hydrogens (tertiary/aromatic N) is 2. The van der Waals surface area contributed by atoms with Crippen molar-refractivity contribution in [3.05, 3.63) is 30.7 Å². The van der Waals surface area contributed by atoms with E-state index >= 15 is 0 Å². The largest absolute Gasteiger partial charge is 0.423 e. The molecule has 1 heterocycles. The van der Waals surface area contributed by atoms with Gasteiger partial charge in [0, 0.05) is 17.8 Å². The first kappa shape index (κ1) is 12.6. The molecule has 4 heteroatoms. The van der Waals surface area contributed by atoms with Crippen LogP contribution in [0.5, 0.6) is 0 Å². The molecule has 0 saturated heterocycles. The highest BCUT2D eigenvalue weighted by Crippen LogP contribution is 2.18. The van der Waals surface area contributed by atoms with Gasteiger partial charge in [0.2, 0.25) is 12.3 Å². The summed E-state index contributed by atoms with van der Waals surface area (Å²) in [6.45, 7) is 3.25. The summed E-state index contributed by atoms with van der Waals surface area (Å²) in [5, 5.41) is 11.0. The van der Waals surface area contributed by atoms with E-state index in [0.29, 0.717) is 5.89 Å². The maximum atomic E-state index is 5.14. The Kier molecular flexibility index (Phi) is 4.76. The predicted octanol–water partition coefficient (Wildman–Crippen LogP) is 3.73. The molecular formula is C14H19N3O. The molecule has 0 unspecified atom stereocenters. The van der Waals surface area contributed by atoms with Gasteiger partial charge in [0.1, 0.15) is 0 Å². The highest BCUT2D eigenvalue weighted by Gasteiger charge is 2.02. The van der Waals surface area contributed by atoms with E-state index in [-0.39, 0.29) is 0 Å². The van der Waals surface area contributed by atoms with Gasteiger partial charge in [0.15, 0.2) is 0 Å². The van der Waals surface area contributed by atoms with E-state index in [0.717, 1.165) is 17.8 Å². The zero-order valence-electron chi connectivity index (χ0n) is 10.7. The van der Waals surface area contributed by atoms with Gasteiger partial charge in [0.05, 0.1) is 0 Å². The van der Waals surface area contributed by atoms with Crippen molar-refractivity contribution in [1.82, 2.24) is 10.2 Å². The number of hydrogen-bond donors (Lipinski definition) is 1. The van der Waals surface area contributed by atoms with E-state index in [1.54, 1.807) is 0 Å². The van der Waals surface area contributed by atoms with E-state index in [2.05, 4.69) is 22.4 Å². The number of hydrogen-bond acceptors (Lipinski definition) is 4. The lowest BCUT2D eigenvalue weighted by atomic mass is 10.2. The lowest BCUT2D eigenvalue weighted by Gasteiger charge is -2.06. The van der Waals surface area contributed by atoms with Gasteiger partial charge in [-0.05, 0) is 30.7 Å². The van der Waals surface area contributed by atoms with Crippen LogP contribution in [0.15, 0.2) is 35.1 Å². The number of nitrogens with one attached hydrogen (secondary N) is 1. The van der Waals surface area contributed by atoms with Crippen LogP contribution in [0.3, 0.4) is 0 Å². The fourth-order valence-corrected chi connectivity index (χ4v) is 1.81. The summed E-state index contributed by atoms with van der Waals surface area (Å²) in [6.07, 6.45) is 6.45. The molecular weight excluding hydrogens is 226 g/mol. The maximum absolute atomic E-state index is 5.14. The fourth-order valence-electron chi connectivity index (χ4n) is 1.81. The van der Waals surface area contributed by atoms with Gasteiger partial charge in [-0.25, -0.2) is 0 Å². The van der Waals surface area contributed by atoms with Crippen molar-refractivity contribution in [3.8, 4) is 11.5 Å². The van der Waals surface area contributed by atoms with Crippen molar-refractivity contribution in [2.45, 2.75) is 32.6 Å². The zero-order chi connectivity index (χ0) is 12.6. The Labute approximate surface area is 107 Å². The molecule has 0 spiro atoms. The molecule has 0 saturated carbocycles.